The number of carbonyl (C=O) groups excluding carboxylic acids is 1. The molecule has 0 aliphatic carbocycles. The minimum Gasteiger partial charge on any atom is -0.374 e. The SMILES string of the molecule is CO[C@@H](C)C(=O)C[C@H](C)CNc1nccc(C(C)C)n1. The fraction of sp³-hybridized carbons (Fsp3) is 0.667. The van der Waals surface area contributed by atoms with E-state index >= 15 is 0 Å². The number of carbonyl (C=O) groups is 1. The van der Waals surface area contributed by atoms with Gasteiger partial charge >= 0.3 is 0 Å². The molecule has 5 heteroatoms. The van der Waals surface area contributed by atoms with E-state index in [0.717, 1.165) is 5.69 Å². The fourth-order valence-corrected chi connectivity index (χ4v) is 1.76. The third kappa shape index (κ3) is 5.25. The number of ketones is 1. The van der Waals surface area contributed by atoms with Crippen LogP contribution >= 0.6 is 0 Å². The lowest BCUT2D eigenvalue weighted by Crippen LogP contribution is -2.24. The molecular formula is C15H25N3O2. The maximum atomic E-state index is 11.8. The molecule has 0 unspecified atom stereocenters. The van der Waals surface area contributed by atoms with Crippen LogP contribution in [0.2, 0.25) is 0 Å². The Morgan fingerprint density at radius 1 is 1.35 bits per heavy atom. The van der Waals surface area contributed by atoms with Crippen molar-refractivity contribution >= 4 is 11.7 Å². The molecule has 0 saturated heterocycles. The number of hydrogen-bond acceptors (Lipinski definition) is 5. The fourth-order valence-electron chi connectivity index (χ4n) is 1.76. The molecule has 1 aromatic heterocycles. The van der Waals surface area contributed by atoms with Gasteiger partial charge in [-0.1, -0.05) is 20.8 Å². The summed E-state index contributed by atoms with van der Waals surface area (Å²) in [6.07, 6.45) is 1.91. The Balaban J connectivity index is 2.46. The van der Waals surface area contributed by atoms with E-state index in [0.29, 0.717) is 24.8 Å². The standard InChI is InChI=1S/C15H25N3O2/c1-10(2)13-6-7-16-15(18-13)17-9-11(3)8-14(19)12(4)20-5/h6-7,10-12H,8-9H2,1-5H3,(H,16,17,18)/t11-,12-/m0/s1. The lowest BCUT2D eigenvalue weighted by atomic mass is 10.0. The number of aromatic nitrogens is 2. The van der Waals surface area contributed by atoms with E-state index < -0.39 is 0 Å². The largest absolute Gasteiger partial charge is 0.374 e. The molecule has 0 saturated carbocycles. The molecule has 20 heavy (non-hydrogen) atoms. The molecule has 5 nitrogen and oxygen atoms in total. The summed E-state index contributed by atoms with van der Waals surface area (Å²) in [6, 6.07) is 1.92. The van der Waals surface area contributed by atoms with Gasteiger partial charge in [-0.05, 0) is 24.8 Å². The molecule has 1 rings (SSSR count). The number of rotatable bonds is 8. The van der Waals surface area contributed by atoms with Gasteiger partial charge in [-0.3, -0.25) is 4.79 Å². The first kappa shape index (κ1) is 16.6. The predicted molar refractivity (Wildman–Crippen MR) is 79.9 cm³/mol. The summed E-state index contributed by atoms with van der Waals surface area (Å²) < 4.78 is 5.02. The Morgan fingerprint density at radius 2 is 2.05 bits per heavy atom. The van der Waals surface area contributed by atoms with E-state index in [1.807, 2.05) is 13.0 Å². The molecule has 0 amide bonds. The third-order valence-corrected chi connectivity index (χ3v) is 3.23. The second-order valence-corrected chi connectivity index (χ2v) is 5.49. The first-order valence-electron chi connectivity index (χ1n) is 7.06. The number of Topliss-reactive ketones (excluding diaryl/α,β-unsaturated/α-hetero) is 1. The van der Waals surface area contributed by atoms with Gasteiger partial charge in [-0.25, -0.2) is 9.97 Å². The molecule has 0 fully saturated rings. The van der Waals surface area contributed by atoms with Gasteiger partial charge in [0.2, 0.25) is 5.95 Å². The maximum absolute atomic E-state index is 11.8. The molecule has 0 aromatic carbocycles. The Labute approximate surface area is 121 Å². The number of hydrogen-bond donors (Lipinski definition) is 1. The van der Waals surface area contributed by atoms with Crippen LogP contribution in [-0.4, -0.2) is 35.5 Å². The molecule has 0 aliphatic heterocycles. The van der Waals surface area contributed by atoms with E-state index in [4.69, 9.17) is 4.74 Å². The minimum atomic E-state index is -0.335. The van der Waals surface area contributed by atoms with Gasteiger partial charge in [-0.15, -0.1) is 0 Å². The van der Waals surface area contributed by atoms with Crippen LogP contribution in [0.25, 0.3) is 0 Å². The van der Waals surface area contributed by atoms with Crippen molar-refractivity contribution in [2.75, 3.05) is 19.0 Å². The van der Waals surface area contributed by atoms with Gasteiger partial charge in [0.1, 0.15) is 6.10 Å². The smallest absolute Gasteiger partial charge is 0.222 e. The summed E-state index contributed by atoms with van der Waals surface area (Å²) in [6.45, 7) is 8.67. The van der Waals surface area contributed by atoms with Crippen LogP contribution in [0.3, 0.4) is 0 Å². The van der Waals surface area contributed by atoms with E-state index in [1.54, 1.807) is 20.2 Å². The molecule has 0 spiro atoms. The summed E-state index contributed by atoms with van der Waals surface area (Å²) in [4.78, 5) is 20.4. The molecule has 112 valence electrons. The van der Waals surface area contributed by atoms with E-state index in [1.165, 1.54) is 0 Å². The van der Waals surface area contributed by atoms with Crippen LogP contribution in [-0.2, 0) is 9.53 Å². The number of methoxy groups -OCH3 is 1. The monoisotopic (exact) mass is 279 g/mol. The van der Waals surface area contributed by atoms with Crippen molar-refractivity contribution in [3.8, 4) is 0 Å². The lowest BCUT2D eigenvalue weighted by Gasteiger charge is -2.15. The Morgan fingerprint density at radius 3 is 2.65 bits per heavy atom. The van der Waals surface area contributed by atoms with Crippen LogP contribution < -0.4 is 5.32 Å². The molecule has 1 aromatic rings. The molecule has 2 atom stereocenters. The summed E-state index contributed by atoms with van der Waals surface area (Å²) in [7, 11) is 1.55. The minimum absolute atomic E-state index is 0.124. The Kier molecular flexibility index (Phi) is 6.58. The number of anilines is 1. The average Bonchev–Trinajstić information content (AvgIpc) is 2.44. The molecule has 0 aliphatic rings. The zero-order chi connectivity index (χ0) is 15.1. The van der Waals surface area contributed by atoms with Crippen molar-refractivity contribution in [2.24, 2.45) is 5.92 Å². The predicted octanol–water partition coefficient (Wildman–Crippen LogP) is 2.64. The second-order valence-electron chi connectivity index (χ2n) is 5.49. The highest BCUT2D eigenvalue weighted by molar-refractivity contribution is 5.82. The van der Waals surface area contributed by atoms with Gasteiger partial charge in [-0.2, -0.15) is 0 Å². The summed E-state index contributed by atoms with van der Waals surface area (Å²) in [5.41, 5.74) is 1.01. The van der Waals surface area contributed by atoms with Crippen molar-refractivity contribution in [2.45, 2.75) is 46.1 Å². The zero-order valence-corrected chi connectivity index (χ0v) is 13.0. The van der Waals surface area contributed by atoms with Gasteiger partial charge in [0.05, 0.1) is 0 Å². The maximum Gasteiger partial charge on any atom is 0.222 e. The zero-order valence-electron chi connectivity index (χ0n) is 13.0. The van der Waals surface area contributed by atoms with Crippen LogP contribution in [0, 0.1) is 5.92 Å². The summed E-state index contributed by atoms with van der Waals surface area (Å²) >= 11 is 0. The third-order valence-electron chi connectivity index (χ3n) is 3.23. The van der Waals surface area contributed by atoms with Crippen LogP contribution in [0.5, 0.6) is 0 Å². The second kappa shape index (κ2) is 7.94. The molecule has 0 radical (unpaired) electrons. The van der Waals surface area contributed by atoms with Crippen LogP contribution in [0.4, 0.5) is 5.95 Å². The van der Waals surface area contributed by atoms with Crippen LogP contribution in [0.1, 0.15) is 45.7 Å². The molecular weight excluding hydrogens is 254 g/mol. The Bertz CT molecular complexity index is 435. The topological polar surface area (TPSA) is 64.1 Å². The van der Waals surface area contributed by atoms with Crippen molar-refractivity contribution < 1.29 is 9.53 Å². The van der Waals surface area contributed by atoms with E-state index in [-0.39, 0.29) is 17.8 Å². The molecule has 1 heterocycles. The van der Waals surface area contributed by atoms with Gasteiger partial charge in [0, 0.05) is 32.0 Å². The average molecular weight is 279 g/mol. The number of ether oxygens (including phenoxy) is 1. The summed E-state index contributed by atoms with van der Waals surface area (Å²) in [5, 5.41) is 3.19. The van der Waals surface area contributed by atoms with E-state index in [2.05, 4.69) is 29.1 Å². The number of nitrogens with one attached hydrogen (secondary N) is 1. The Hall–Kier alpha value is -1.49. The highest BCUT2D eigenvalue weighted by Crippen LogP contribution is 2.13. The van der Waals surface area contributed by atoms with E-state index in [9.17, 15) is 4.79 Å². The number of nitrogens with zero attached hydrogens (tertiary/aromatic N) is 2. The first-order valence-corrected chi connectivity index (χ1v) is 7.06. The van der Waals surface area contributed by atoms with Gasteiger partial charge in [0.25, 0.3) is 0 Å². The summed E-state index contributed by atoms with van der Waals surface area (Å²) in [5.74, 6) is 1.33. The van der Waals surface area contributed by atoms with Crippen molar-refractivity contribution in [1.82, 2.24) is 9.97 Å². The van der Waals surface area contributed by atoms with Crippen molar-refractivity contribution in [3.05, 3.63) is 18.0 Å². The molecule has 1 N–H and O–H groups in total. The quantitative estimate of drug-likeness (QED) is 0.792. The first-order chi connectivity index (χ1) is 9.43. The lowest BCUT2D eigenvalue weighted by molar-refractivity contribution is -0.128. The van der Waals surface area contributed by atoms with Crippen molar-refractivity contribution in [1.29, 1.82) is 0 Å². The van der Waals surface area contributed by atoms with Crippen molar-refractivity contribution in [3.63, 3.8) is 0 Å². The highest BCUT2D eigenvalue weighted by Gasteiger charge is 2.15. The molecule has 0 bridgehead atoms. The van der Waals surface area contributed by atoms with Gasteiger partial charge in [0.15, 0.2) is 5.78 Å². The highest BCUT2D eigenvalue weighted by atomic mass is 16.5. The van der Waals surface area contributed by atoms with Gasteiger partial charge < -0.3 is 10.1 Å². The normalized spacial score (nSPS) is 14.1. The van der Waals surface area contributed by atoms with Crippen LogP contribution in [0.15, 0.2) is 12.3 Å².